The largest absolute Gasteiger partial charge is 0.384 e. The normalized spacial score (nSPS) is 11.0. The van der Waals surface area contributed by atoms with E-state index in [9.17, 15) is 13.2 Å². The molecular weight excluding hydrogens is 254 g/mol. The van der Waals surface area contributed by atoms with Crippen molar-refractivity contribution in [3.8, 4) is 0 Å². The van der Waals surface area contributed by atoms with Gasteiger partial charge in [-0.25, -0.2) is 8.42 Å². The molecular formula is C11H17N3O3S. The van der Waals surface area contributed by atoms with Crippen LogP contribution in [-0.4, -0.2) is 44.4 Å². The predicted octanol–water partition coefficient (Wildman–Crippen LogP) is 0.288. The maximum atomic E-state index is 11.5. The fourth-order valence-corrected chi connectivity index (χ4v) is 1.77. The number of anilines is 1. The number of amides is 1. The molecule has 7 heteroatoms. The maximum absolute atomic E-state index is 11.5. The van der Waals surface area contributed by atoms with Gasteiger partial charge in [0.2, 0.25) is 0 Å². The molecule has 0 aliphatic heterocycles. The van der Waals surface area contributed by atoms with Gasteiger partial charge in [0.1, 0.15) is 15.5 Å². The molecule has 0 fully saturated rings. The van der Waals surface area contributed by atoms with E-state index in [0.29, 0.717) is 24.5 Å². The van der Waals surface area contributed by atoms with Crippen LogP contribution in [0.4, 0.5) is 5.69 Å². The van der Waals surface area contributed by atoms with Crippen molar-refractivity contribution in [2.75, 3.05) is 30.4 Å². The fourth-order valence-electron chi connectivity index (χ4n) is 1.30. The number of carbonyl (C=O) groups excluding carboxylic acids is 1. The minimum absolute atomic E-state index is 0.0474. The van der Waals surface area contributed by atoms with Crippen LogP contribution in [0.25, 0.3) is 0 Å². The van der Waals surface area contributed by atoms with Crippen LogP contribution in [0.1, 0.15) is 17.4 Å². The third kappa shape index (κ3) is 5.13. The van der Waals surface area contributed by atoms with E-state index in [1.54, 1.807) is 12.1 Å². The first-order chi connectivity index (χ1) is 8.42. The number of hydrogen-bond acceptors (Lipinski definition) is 5. The van der Waals surface area contributed by atoms with Crippen LogP contribution in [0.2, 0.25) is 0 Å². The first-order valence-corrected chi connectivity index (χ1v) is 7.64. The molecule has 100 valence electrons. The van der Waals surface area contributed by atoms with Gasteiger partial charge in [0.15, 0.2) is 0 Å². The summed E-state index contributed by atoms with van der Waals surface area (Å²) in [7, 11) is -2.99. The van der Waals surface area contributed by atoms with Gasteiger partial charge >= 0.3 is 0 Å². The Bertz CT molecular complexity index is 514. The van der Waals surface area contributed by atoms with Gasteiger partial charge in [-0.3, -0.25) is 9.78 Å². The number of hydrogen-bond donors (Lipinski definition) is 2. The van der Waals surface area contributed by atoms with Gasteiger partial charge in [0, 0.05) is 31.2 Å². The molecule has 0 bridgehead atoms. The topological polar surface area (TPSA) is 88.2 Å². The Morgan fingerprint density at radius 3 is 2.78 bits per heavy atom. The highest BCUT2D eigenvalue weighted by atomic mass is 32.2. The van der Waals surface area contributed by atoms with Crippen LogP contribution in [0.3, 0.4) is 0 Å². The molecule has 0 saturated carbocycles. The van der Waals surface area contributed by atoms with Crippen molar-refractivity contribution in [1.82, 2.24) is 10.3 Å². The molecule has 1 heterocycles. The highest BCUT2D eigenvalue weighted by Crippen LogP contribution is 2.07. The zero-order valence-corrected chi connectivity index (χ0v) is 11.3. The van der Waals surface area contributed by atoms with E-state index >= 15 is 0 Å². The van der Waals surface area contributed by atoms with Crippen molar-refractivity contribution < 1.29 is 13.2 Å². The van der Waals surface area contributed by atoms with Gasteiger partial charge in [0.25, 0.3) is 5.91 Å². The second-order valence-corrected chi connectivity index (χ2v) is 6.11. The Morgan fingerprint density at radius 2 is 2.17 bits per heavy atom. The summed E-state index contributed by atoms with van der Waals surface area (Å²) in [5.74, 6) is -0.199. The van der Waals surface area contributed by atoms with Crippen molar-refractivity contribution in [2.24, 2.45) is 0 Å². The Balaban J connectivity index is 2.62. The second-order valence-electron chi connectivity index (χ2n) is 3.85. The first-order valence-electron chi connectivity index (χ1n) is 5.58. The zero-order valence-electron chi connectivity index (χ0n) is 10.4. The van der Waals surface area contributed by atoms with E-state index in [-0.39, 0.29) is 11.7 Å². The number of carbonyl (C=O) groups is 1. The quantitative estimate of drug-likeness (QED) is 0.776. The number of aromatic nitrogens is 1. The number of sulfone groups is 1. The number of nitrogens with zero attached hydrogens (tertiary/aromatic N) is 1. The lowest BCUT2D eigenvalue weighted by Gasteiger charge is -2.07. The SMILES string of the molecule is CCNC(=O)c1cc(NCCS(C)(=O)=O)ccn1. The minimum Gasteiger partial charge on any atom is -0.384 e. The van der Waals surface area contributed by atoms with E-state index in [4.69, 9.17) is 0 Å². The third-order valence-electron chi connectivity index (χ3n) is 2.13. The minimum atomic E-state index is -2.99. The summed E-state index contributed by atoms with van der Waals surface area (Å²) in [4.78, 5) is 15.5. The standard InChI is InChI=1S/C11H17N3O3S/c1-3-12-11(15)10-8-9(4-5-14-10)13-6-7-18(2,16)17/h4-5,8H,3,6-7H2,1-2H3,(H,12,15)(H,13,14). The Hall–Kier alpha value is -1.63. The average Bonchev–Trinajstić information content (AvgIpc) is 2.28. The molecule has 0 radical (unpaired) electrons. The Kier molecular flexibility index (Phi) is 5.08. The Labute approximate surface area is 107 Å². The van der Waals surface area contributed by atoms with E-state index in [0.717, 1.165) is 0 Å². The number of pyridine rings is 1. The molecule has 6 nitrogen and oxygen atoms in total. The summed E-state index contributed by atoms with van der Waals surface area (Å²) in [6, 6.07) is 3.28. The van der Waals surface area contributed by atoms with E-state index in [2.05, 4.69) is 15.6 Å². The lowest BCUT2D eigenvalue weighted by atomic mass is 10.3. The monoisotopic (exact) mass is 271 g/mol. The molecule has 2 N–H and O–H groups in total. The summed E-state index contributed by atoms with van der Waals surface area (Å²) < 4.78 is 21.9. The van der Waals surface area contributed by atoms with Gasteiger partial charge in [-0.2, -0.15) is 0 Å². The predicted molar refractivity (Wildman–Crippen MR) is 70.4 cm³/mol. The van der Waals surface area contributed by atoms with Crippen LogP contribution in [0.5, 0.6) is 0 Å². The van der Waals surface area contributed by atoms with Crippen molar-refractivity contribution in [3.05, 3.63) is 24.0 Å². The molecule has 0 aliphatic rings. The highest BCUT2D eigenvalue weighted by Gasteiger charge is 2.07. The van der Waals surface area contributed by atoms with Gasteiger partial charge in [-0.1, -0.05) is 0 Å². The molecule has 1 amide bonds. The molecule has 18 heavy (non-hydrogen) atoms. The molecule has 1 aromatic heterocycles. The lowest BCUT2D eigenvalue weighted by Crippen LogP contribution is -2.23. The van der Waals surface area contributed by atoms with Crippen LogP contribution >= 0.6 is 0 Å². The zero-order chi connectivity index (χ0) is 13.6. The molecule has 0 aromatic carbocycles. The van der Waals surface area contributed by atoms with Crippen molar-refractivity contribution in [3.63, 3.8) is 0 Å². The average molecular weight is 271 g/mol. The molecule has 0 saturated heterocycles. The van der Waals surface area contributed by atoms with Crippen LogP contribution in [-0.2, 0) is 9.84 Å². The molecule has 1 aromatic rings. The second kappa shape index (κ2) is 6.34. The summed E-state index contributed by atoms with van der Waals surface area (Å²) in [6.45, 7) is 2.66. The summed E-state index contributed by atoms with van der Waals surface area (Å²) in [5, 5.41) is 5.58. The van der Waals surface area contributed by atoms with E-state index in [1.807, 2.05) is 6.92 Å². The highest BCUT2D eigenvalue weighted by molar-refractivity contribution is 7.90. The van der Waals surface area contributed by atoms with Crippen molar-refractivity contribution in [2.45, 2.75) is 6.92 Å². The van der Waals surface area contributed by atoms with Gasteiger partial charge < -0.3 is 10.6 Å². The van der Waals surface area contributed by atoms with Crippen molar-refractivity contribution >= 4 is 21.4 Å². The third-order valence-corrected chi connectivity index (χ3v) is 3.08. The Morgan fingerprint density at radius 1 is 1.44 bits per heavy atom. The smallest absolute Gasteiger partial charge is 0.269 e. The lowest BCUT2D eigenvalue weighted by molar-refractivity contribution is 0.0951. The van der Waals surface area contributed by atoms with Crippen LogP contribution in [0.15, 0.2) is 18.3 Å². The number of rotatable bonds is 6. The van der Waals surface area contributed by atoms with E-state index < -0.39 is 9.84 Å². The fraction of sp³-hybridized carbons (Fsp3) is 0.455. The van der Waals surface area contributed by atoms with Gasteiger partial charge in [-0.05, 0) is 19.1 Å². The molecule has 0 aliphatic carbocycles. The summed E-state index contributed by atoms with van der Waals surface area (Å²) >= 11 is 0. The first kappa shape index (κ1) is 14.4. The molecule has 1 rings (SSSR count). The molecule has 0 unspecified atom stereocenters. The van der Waals surface area contributed by atoms with Crippen LogP contribution in [0, 0.1) is 0 Å². The van der Waals surface area contributed by atoms with Gasteiger partial charge in [0.05, 0.1) is 5.75 Å². The van der Waals surface area contributed by atoms with Gasteiger partial charge in [-0.15, -0.1) is 0 Å². The summed E-state index contributed by atoms with van der Waals surface area (Å²) in [5.41, 5.74) is 0.983. The van der Waals surface area contributed by atoms with Crippen molar-refractivity contribution in [1.29, 1.82) is 0 Å². The van der Waals surface area contributed by atoms with Crippen LogP contribution < -0.4 is 10.6 Å². The number of nitrogens with one attached hydrogen (secondary N) is 2. The summed E-state index contributed by atoms with van der Waals surface area (Å²) in [6.07, 6.45) is 2.69. The molecule has 0 atom stereocenters. The molecule has 0 spiro atoms. The van der Waals surface area contributed by atoms with E-state index in [1.165, 1.54) is 12.5 Å². The maximum Gasteiger partial charge on any atom is 0.269 e.